The van der Waals surface area contributed by atoms with Crippen LogP contribution in [-0.2, 0) is 11.2 Å². The van der Waals surface area contributed by atoms with E-state index >= 15 is 0 Å². The van der Waals surface area contributed by atoms with E-state index in [-0.39, 0.29) is 12.0 Å². The number of carbonyl (C=O) groups excluding carboxylic acids is 1. The minimum absolute atomic E-state index is 0.0587. The number of carbonyl (C=O) groups is 1. The Balaban J connectivity index is 1.37. The zero-order chi connectivity index (χ0) is 15.9. The molecule has 1 aliphatic heterocycles. The fourth-order valence-electron chi connectivity index (χ4n) is 2.58. The van der Waals surface area contributed by atoms with Crippen LogP contribution < -0.4 is 14.8 Å². The van der Waals surface area contributed by atoms with E-state index in [1.54, 1.807) is 0 Å². The molecule has 1 aliphatic rings. The highest BCUT2D eigenvalue weighted by Gasteiger charge is 2.21. The lowest BCUT2D eigenvalue weighted by atomic mass is 10.1. The Morgan fingerprint density at radius 3 is 2.61 bits per heavy atom. The summed E-state index contributed by atoms with van der Waals surface area (Å²) in [5.41, 5.74) is 1.23. The molecule has 1 atom stereocenters. The van der Waals surface area contributed by atoms with E-state index in [1.165, 1.54) is 5.56 Å². The maximum absolute atomic E-state index is 11.9. The Labute approximate surface area is 136 Å². The minimum atomic E-state index is -0.0650. The topological polar surface area (TPSA) is 47.6 Å². The largest absolute Gasteiger partial charge is 0.486 e. The Hall–Kier alpha value is -2.49. The van der Waals surface area contributed by atoms with Gasteiger partial charge in [0.2, 0.25) is 5.91 Å². The van der Waals surface area contributed by atoms with Crippen molar-refractivity contribution < 1.29 is 14.3 Å². The van der Waals surface area contributed by atoms with Crippen molar-refractivity contribution in [2.24, 2.45) is 0 Å². The van der Waals surface area contributed by atoms with Crippen molar-refractivity contribution in [2.45, 2.75) is 25.4 Å². The number of nitrogens with one attached hydrogen (secondary N) is 1. The van der Waals surface area contributed by atoms with E-state index in [1.807, 2.05) is 42.5 Å². The number of benzene rings is 2. The third-order valence-corrected chi connectivity index (χ3v) is 3.84. The summed E-state index contributed by atoms with van der Waals surface area (Å²) in [5.74, 6) is 1.59. The number of hydrogen-bond donors (Lipinski definition) is 1. The van der Waals surface area contributed by atoms with Gasteiger partial charge in [0.15, 0.2) is 11.5 Å². The Morgan fingerprint density at radius 2 is 1.78 bits per heavy atom. The van der Waals surface area contributed by atoms with E-state index in [2.05, 4.69) is 17.4 Å². The van der Waals surface area contributed by atoms with E-state index in [0.29, 0.717) is 26.0 Å². The van der Waals surface area contributed by atoms with Gasteiger partial charge in [-0.25, -0.2) is 0 Å². The predicted octanol–water partition coefficient (Wildman–Crippen LogP) is 2.97. The van der Waals surface area contributed by atoms with Crippen LogP contribution in [0.1, 0.15) is 18.4 Å². The van der Waals surface area contributed by atoms with E-state index in [9.17, 15) is 4.79 Å². The molecule has 0 saturated carbocycles. The molecule has 0 radical (unpaired) electrons. The highest BCUT2D eigenvalue weighted by molar-refractivity contribution is 5.75. The first-order chi connectivity index (χ1) is 11.3. The molecule has 0 fully saturated rings. The molecule has 1 unspecified atom stereocenters. The lowest BCUT2D eigenvalue weighted by Gasteiger charge is -2.26. The van der Waals surface area contributed by atoms with Gasteiger partial charge in [0.1, 0.15) is 12.7 Å². The van der Waals surface area contributed by atoms with Crippen LogP contribution in [0.15, 0.2) is 54.6 Å². The molecular formula is C19H21NO3. The molecule has 0 spiro atoms. The van der Waals surface area contributed by atoms with Crippen molar-refractivity contribution in [2.75, 3.05) is 13.2 Å². The summed E-state index contributed by atoms with van der Waals surface area (Å²) in [6.07, 6.45) is 1.89. The van der Waals surface area contributed by atoms with Gasteiger partial charge in [-0.1, -0.05) is 42.5 Å². The summed E-state index contributed by atoms with van der Waals surface area (Å²) >= 11 is 0. The van der Waals surface area contributed by atoms with Crippen molar-refractivity contribution in [3.63, 3.8) is 0 Å². The summed E-state index contributed by atoms with van der Waals surface area (Å²) in [4.78, 5) is 11.9. The Morgan fingerprint density at radius 1 is 1.04 bits per heavy atom. The first-order valence-corrected chi connectivity index (χ1v) is 8.00. The van der Waals surface area contributed by atoms with Crippen molar-refractivity contribution >= 4 is 5.91 Å². The zero-order valence-electron chi connectivity index (χ0n) is 13.0. The van der Waals surface area contributed by atoms with Gasteiger partial charge in [0, 0.05) is 13.0 Å². The number of hydrogen-bond acceptors (Lipinski definition) is 3. The van der Waals surface area contributed by atoms with Crippen LogP contribution >= 0.6 is 0 Å². The molecule has 0 aliphatic carbocycles. The van der Waals surface area contributed by atoms with Gasteiger partial charge in [0.25, 0.3) is 0 Å². The van der Waals surface area contributed by atoms with Crippen LogP contribution in [0.5, 0.6) is 11.5 Å². The second-order valence-electron chi connectivity index (χ2n) is 5.62. The smallest absolute Gasteiger partial charge is 0.220 e. The summed E-state index contributed by atoms with van der Waals surface area (Å²) in [7, 11) is 0. The molecule has 0 aromatic heterocycles. The number of fused-ring (bicyclic) bond motifs is 1. The SMILES string of the molecule is O=C(CCC1COc2ccccc2O1)NCCc1ccccc1. The maximum Gasteiger partial charge on any atom is 0.220 e. The monoisotopic (exact) mass is 311 g/mol. The fraction of sp³-hybridized carbons (Fsp3) is 0.316. The van der Waals surface area contributed by atoms with Crippen molar-refractivity contribution in [1.82, 2.24) is 5.32 Å². The predicted molar refractivity (Wildman–Crippen MR) is 88.7 cm³/mol. The van der Waals surface area contributed by atoms with Crippen LogP contribution in [0, 0.1) is 0 Å². The van der Waals surface area contributed by atoms with Crippen LogP contribution in [0.3, 0.4) is 0 Å². The van der Waals surface area contributed by atoms with Gasteiger partial charge in [-0.3, -0.25) is 4.79 Å². The van der Waals surface area contributed by atoms with Gasteiger partial charge in [-0.05, 0) is 30.5 Å². The average Bonchev–Trinajstić information content (AvgIpc) is 2.61. The third kappa shape index (κ3) is 4.49. The Bertz CT molecular complexity index is 642. The summed E-state index contributed by atoms with van der Waals surface area (Å²) in [5, 5.41) is 2.95. The van der Waals surface area contributed by atoms with Crippen molar-refractivity contribution in [1.29, 1.82) is 0 Å². The second kappa shape index (κ2) is 7.68. The molecule has 4 heteroatoms. The van der Waals surface area contributed by atoms with E-state index in [0.717, 1.165) is 17.9 Å². The summed E-state index contributed by atoms with van der Waals surface area (Å²) in [6.45, 7) is 1.15. The molecule has 1 N–H and O–H groups in total. The van der Waals surface area contributed by atoms with Crippen LogP contribution in [0.4, 0.5) is 0 Å². The van der Waals surface area contributed by atoms with Gasteiger partial charge in [-0.2, -0.15) is 0 Å². The molecule has 2 aromatic carbocycles. The standard InChI is InChI=1S/C19H21NO3/c21-19(20-13-12-15-6-2-1-3-7-15)11-10-16-14-22-17-8-4-5-9-18(17)23-16/h1-9,16H,10-14H2,(H,20,21). The van der Waals surface area contributed by atoms with Crippen LogP contribution in [0.2, 0.25) is 0 Å². The highest BCUT2D eigenvalue weighted by atomic mass is 16.6. The van der Waals surface area contributed by atoms with Crippen LogP contribution in [0.25, 0.3) is 0 Å². The maximum atomic E-state index is 11.9. The van der Waals surface area contributed by atoms with Crippen molar-refractivity contribution in [3.05, 3.63) is 60.2 Å². The molecule has 2 aromatic rings. The molecule has 3 rings (SSSR count). The van der Waals surface area contributed by atoms with Crippen LogP contribution in [-0.4, -0.2) is 25.2 Å². The van der Waals surface area contributed by atoms with Gasteiger partial charge in [-0.15, -0.1) is 0 Å². The van der Waals surface area contributed by atoms with Crippen molar-refractivity contribution in [3.8, 4) is 11.5 Å². The number of amides is 1. The molecule has 23 heavy (non-hydrogen) atoms. The molecule has 120 valence electrons. The lowest BCUT2D eigenvalue weighted by molar-refractivity contribution is -0.121. The van der Waals surface area contributed by atoms with Gasteiger partial charge < -0.3 is 14.8 Å². The summed E-state index contributed by atoms with van der Waals surface area (Å²) < 4.78 is 11.5. The van der Waals surface area contributed by atoms with E-state index < -0.39 is 0 Å². The number of ether oxygens (including phenoxy) is 2. The quantitative estimate of drug-likeness (QED) is 0.892. The third-order valence-electron chi connectivity index (χ3n) is 3.84. The first-order valence-electron chi connectivity index (χ1n) is 8.00. The molecular weight excluding hydrogens is 290 g/mol. The minimum Gasteiger partial charge on any atom is -0.486 e. The Kier molecular flexibility index (Phi) is 5.14. The average molecular weight is 311 g/mol. The normalized spacial score (nSPS) is 15.9. The molecule has 0 saturated heterocycles. The first kappa shape index (κ1) is 15.4. The fourth-order valence-corrected chi connectivity index (χ4v) is 2.58. The molecule has 0 bridgehead atoms. The lowest BCUT2D eigenvalue weighted by Crippen LogP contribution is -2.32. The second-order valence-corrected chi connectivity index (χ2v) is 5.62. The summed E-state index contributed by atoms with van der Waals surface area (Å²) in [6, 6.07) is 17.8. The highest BCUT2D eigenvalue weighted by Crippen LogP contribution is 2.31. The molecule has 1 heterocycles. The van der Waals surface area contributed by atoms with Gasteiger partial charge in [0.05, 0.1) is 0 Å². The molecule has 1 amide bonds. The number of para-hydroxylation sites is 2. The molecule has 4 nitrogen and oxygen atoms in total. The zero-order valence-corrected chi connectivity index (χ0v) is 13.0. The number of rotatable bonds is 6. The van der Waals surface area contributed by atoms with Gasteiger partial charge >= 0.3 is 0 Å². The van der Waals surface area contributed by atoms with E-state index in [4.69, 9.17) is 9.47 Å².